The molecular formula is C15H11F3N2O2. The van der Waals surface area contributed by atoms with Crippen molar-refractivity contribution in [3.05, 3.63) is 42.0 Å². The molecule has 3 atom stereocenters. The van der Waals surface area contributed by atoms with Gasteiger partial charge in [0.15, 0.2) is 0 Å². The fraction of sp³-hybridized carbons (Fsp3) is 0.333. The first kappa shape index (κ1) is 13.4. The lowest BCUT2D eigenvalue weighted by Crippen LogP contribution is -2.38. The predicted molar refractivity (Wildman–Crippen MR) is 71.0 cm³/mol. The van der Waals surface area contributed by atoms with Crippen LogP contribution in [-0.2, 0) is 11.0 Å². The van der Waals surface area contributed by atoms with Gasteiger partial charge in [-0.25, -0.2) is 9.69 Å². The highest BCUT2D eigenvalue weighted by Crippen LogP contribution is 2.43. The summed E-state index contributed by atoms with van der Waals surface area (Å²) in [6.45, 7) is 0. The van der Waals surface area contributed by atoms with E-state index >= 15 is 0 Å². The van der Waals surface area contributed by atoms with Crippen LogP contribution in [0.5, 0.6) is 0 Å². The summed E-state index contributed by atoms with van der Waals surface area (Å²) in [5.41, 5.74) is -0.905. The van der Waals surface area contributed by atoms with Crippen molar-refractivity contribution in [2.75, 3.05) is 4.90 Å². The molecule has 2 saturated heterocycles. The number of alkyl halides is 3. The number of halogens is 3. The van der Waals surface area contributed by atoms with E-state index in [0.717, 1.165) is 23.5 Å². The molecule has 1 aromatic carbocycles. The Kier molecular flexibility index (Phi) is 2.50. The molecule has 2 aliphatic heterocycles. The maximum Gasteiger partial charge on any atom is 0.416 e. The number of fused-ring (bicyclic) bond motifs is 5. The van der Waals surface area contributed by atoms with Gasteiger partial charge in [0.2, 0.25) is 0 Å². The van der Waals surface area contributed by atoms with E-state index in [1.54, 1.807) is 0 Å². The van der Waals surface area contributed by atoms with Crippen LogP contribution in [0, 0.1) is 5.92 Å². The monoisotopic (exact) mass is 308 g/mol. The minimum atomic E-state index is -4.52. The minimum absolute atomic E-state index is 0.0291. The number of benzene rings is 1. The first-order valence-corrected chi connectivity index (χ1v) is 6.90. The molecule has 2 heterocycles. The molecule has 2 bridgehead atoms. The molecule has 0 N–H and O–H groups in total. The maximum atomic E-state index is 12.8. The van der Waals surface area contributed by atoms with E-state index in [9.17, 15) is 22.8 Å². The lowest BCUT2D eigenvalue weighted by Gasteiger charge is -2.22. The Bertz CT molecular complexity index is 683. The van der Waals surface area contributed by atoms with Gasteiger partial charge in [0.05, 0.1) is 17.3 Å². The molecule has 1 aliphatic carbocycles. The smallest absolute Gasteiger partial charge is 0.305 e. The van der Waals surface area contributed by atoms with Crippen LogP contribution in [0.2, 0.25) is 0 Å². The minimum Gasteiger partial charge on any atom is -0.305 e. The molecule has 114 valence electrons. The summed E-state index contributed by atoms with van der Waals surface area (Å²) in [4.78, 5) is 27.3. The normalized spacial score (nSPS) is 29.7. The van der Waals surface area contributed by atoms with Crippen LogP contribution in [0.15, 0.2) is 36.4 Å². The molecular weight excluding hydrogens is 297 g/mol. The number of carbonyl (C=O) groups excluding carboxylic acids is 2. The zero-order valence-corrected chi connectivity index (χ0v) is 11.2. The van der Waals surface area contributed by atoms with Crippen molar-refractivity contribution in [1.82, 2.24) is 4.90 Å². The highest BCUT2D eigenvalue weighted by atomic mass is 19.4. The molecule has 7 heteroatoms. The van der Waals surface area contributed by atoms with Gasteiger partial charge in [-0.3, -0.25) is 4.79 Å². The fourth-order valence-electron chi connectivity index (χ4n) is 3.52. The number of hydrogen-bond acceptors (Lipinski definition) is 2. The Balaban J connectivity index is 1.73. The zero-order chi connectivity index (χ0) is 15.6. The summed E-state index contributed by atoms with van der Waals surface area (Å²) in [5, 5.41) is 0. The van der Waals surface area contributed by atoms with Gasteiger partial charge >= 0.3 is 12.2 Å². The van der Waals surface area contributed by atoms with E-state index in [1.165, 1.54) is 17.0 Å². The second-order valence-electron chi connectivity index (χ2n) is 5.71. The van der Waals surface area contributed by atoms with E-state index in [1.807, 2.05) is 12.2 Å². The lowest BCUT2D eigenvalue weighted by molar-refractivity contribution is -0.137. The fourth-order valence-corrected chi connectivity index (χ4v) is 3.52. The number of amides is 3. The second-order valence-corrected chi connectivity index (χ2v) is 5.71. The summed E-state index contributed by atoms with van der Waals surface area (Å²) in [6.07, 6.45) is -0.00815. The molecule has 1 aromatic rings. The van der Waals surface area contributed by atoms with E-state index in [2.05, 4.69) is 0 Å². The average molecular weight is 308 g/mol. The summed E-state index contributed by atoms with van der Waals surface area (Å²) in [5.74, 6) is -0.474. The number of carbonyl (C=O) groups is 2. The Morgan fingerprint density at radius 2 is 1.91 bits per heavy atom. The Morgan fingerprint density at radius 3 is 2.59 bits per heavy atom. The van der Waals surface area contributed by atoms with Gasteiger partial charge in [-0.15, -0.1) is 0 Å². The van der Waals surface area contributed by atoms with Crippen LogP contribution in [-0.4, -0.2) is 28.9 Å². The molecule has 3 amide bonds. The Hall–Kier alpha value is -2.31. The van der Waals surface area contributed by atoms with Crippen LogP contribution >= 0.6 is 0 Å². The molecule has 0 radical (unpaired) electrons. The highest BCUT2D eigenvalue weighted by Gasteiger charge is 2.57. The van der Waals surface area contributed by atoms with Crippen LogP contribution in [0.3, 0.4) is 0 Å². The number of nitrogens with zero attached hydrogens (tertiary/aromatic N) is 2. The van der Waals surface area contributed by atoms with Crippen LogP contribution in [0.1, 0.15) is 12.0 Å². The molecule has 3 aliphatic rings. The molecule has 0 aromatic heterocycles. The van der Waals surface area contributed by atoms with Gasteiger partial charge in [-0.05, 0) is 24.6 Å². The molecule has 4 nitrogen and oxygen atoms in total. The molecule has 0 spiro atoms. The first-order chi connectivity index (χ1) is 10.4. The van der Waals surface area contributed by atoms with Crippen molar-refractivity contribution >= 4 is 17.6 Å². The SMILES string of the molecule is O=C1C2[C@@H]3C=C[C@@H](C3)N2C(=O)N1c1cccc(C(F)(F)F)c1. The van der Waals surface area contributed by atoms with E-state index < -0.39 is 29.7 Å². The standard InChI is InChI=1S/C15H11F3N2O2/c16-15(17,18)9-2-1-3-10(7-9)20-13(21)12-8-4-5-11(6-8)19(12)14(20)22/h1-5,7-8,11-12H,6H2/t8-,11+,12?/m1/s1. The second kappa shape index (κ2) is 4.12. The predicted octanol–water partition coefficient (Wildman–Crippen LogP) is 2.80. The van der Waals surface area contributed by atoms with E-state index in [0.29, 0.717) is 0 Å². The topological polar surface area (TPSA) is 40.6 Å². The zero-order valence-electron chi connectivity index (χ0n) is 11.2. The number of urea groups is 1. The molecule has 2 fully saturated rings. The largest absolute Gasteiger partial charge is 0.416 e. The summed E-state index contributed by atoms with van der Waals surface area (Å²) in [6, 6.07) is 3.08. The van der Waals surface area contributed by atoms with Gasteiger partial charge < -0.3 is 4.90 Å². The van der Waals surface area contributed by atoms with Crippen molar-refractivity contribution in [3.8, 4) is 0 Å². The van der Waals surface area contributed by atoms with Crippen molar-refractivity contribution in [3.63, 3.8) is 0 Å². The third-order valence-electron chi connectivity index (χ3n) is 4.47. The molecule has 4 rings (SSSR count). The number of anilines is 1. The van der Waals surface area contributed by atoms with Gasteiger partial charge in [-0.2, -0.15) is 13.2 Å². The van der Waals surface area contributed by atoms with E-state index in [4.69, 9.17) is 0 Å². The van der Waals surface area contributed by atoms with Gasteiger partial charge in [0.25, 0.3) is 5.91 Å². The average Bonchev–Trinajstić information content (AvgIpc) is 3.12. The first-order valence-electron chi connectivity index (χ1n) is 6.90. The highest BCUT2D eigenvalue weighted by molar-refractivity contribution is 6.22. The van der Waals surface area contributed by atoms with Crippen molar-refractivity contribution in [2.24, 2.45) is 5.92 Å². The molecule has 1 unspecified atom stereocenters. The molecule has 22 heavy (non-hydrogen) atoms. The van der Waals surface area contributed by atoms with Crippen molar-refractivity contribution < 1.29 is 22.8 Å². The number of imide groups is 1. The van der Waals surface area contributed by atoms with Crippen molar-refractivity contribution in [1.29, 1.82) is 0 Å². The Morgan fingerprint density at radius 1 is 1.14 bits per heavy atom. The quantitative estimate of drug-likeness (QED) is 0.591. The Labute approximate surface area is 123 Å². The van der Waals surface area contributed by atoms with Gasteiger partial charge in [0.1, 0.15) is 6.04 Å². The van der Waals surface area contributed by atoms with Crippen molar-refractivity contribution in [2.45, 2.75) is 24.7 Å². The van der Waals surface area contributed by atoms with Crippen LogP contribution < -0.4 is 4.90 Å². The summed E-state index contributed by atoms with van der Waals surface area (Å²) < 4.78 is 38.4. The van der Waals surface area contributed by atoms with Gasteiger partial charge in [-0.1, -0.05) is 18.2 Å². The number of rotatable bonds is 1. The third kappa shape index (κ3) is 1.65. The van der Waals surface area contributed by atoms with Gasteiger partial charge in [0, 0.05) is 5.92 Å². The van der Waals surface area contributed by atoms with Crippen LogP contribution in [0.4, 0.5) is 23.7 Å². The third-order valence-corrected chi connectivity index (χ3v) is 4.47. The molecule has 0 saturated carbocycles. The van der Waals surface area contributed by atoms with E-state index in [-0.39, 0.29) is 17.6 Å². The lowest BCUT2D eigenvalue weighted by atomic mass is 10.0. The number of hydrogen-bond donors (Lipinski definition) is 0. The maximum absolute atomic E-state index is 12.8. The van der Waals surface area contributed by atoms with Crippen LogP contribution in [0.25, 0.3) is 0 Å². The summed E-state index contributed by atoms with van der Waals surface area (Å²) >= 11 is 0. The summed E-state index contributed by atoms with van der Waals surface area (Å²) in [7, 11) is 0.